The molecule has 184 valence electrons. The van der Waals surface area contributed by atoms with Crippen molar-refractivity contribution in [2.45, 2.75) is 124 Å². The summed E-state index contributed by atoms with van der Waals surface area (Å²) in [5.74, 6) is 0.235. The summed E-state index contributed by atoms with van der Waals surface area (Å²) in [6.45, 7) is 7.11. The van der Waals surface area contributed by atoms with Crippen molar-refractivity contribution in [1.82, 2.24) is 0 Å². The van der Waals surface area contributed by atoms with Gasteiger partial charge in [0.15, 0.2) is 11.5 Å². The van der Waals surface area contributed by atoms with Crippen LogP contribution in [0.3, 0.4) is 0 Å². The Bertz CT molecular complexity index is 641. The Morgan fingerprint density at radius 3 is 1.91 bits per heavy atom. The van der Waals surface area contributed by atoms with Crippen LogP contribution < -0.4 is 9.47 Å². The van der Waals surface area contributed by atoms with Crippen molar-refractivity contribution in [2.75, 3.05) is 6.61 Å². The summed E-state index contributed by atoms with van der Waals surface area (Å²) in [5.41, 5.74) is 2.07. The lowest BCUT2D eigenvalue weighted by atomic mass is 9.94. The van der Waals surface area contributed by atoms with Crippen LogP contribution >= 0.6 is 0 Å². The van der Waals surface area contributed by atoms with E-state index in [1.54, 1.807) is 6.07 Å². The fourth-order valence-electron chi connectivity index (χ4n) is 4.07. The number of aromatic hydroxyl groups is 1. The van der Waals surface area contributed by atoms with E-state index >= 15 is 0 Å². The molecule has 5 nitrogen and oxygen atoms in total. The summed E-state index contributed by atoms with van der Waals surface area (Å²) in [7, 11) is 0. The van der Waals surface area contributed by atoms with E-state index in [1.807, 2.05) is 0 Å². The average Bonchev–Trinajstić information content (AvgIpc) is 2.77. The van der Waals surface area contributed by atoms with Gasteiger partial charge in [-0.05, 0) is 43.7 Å². The third kappa shape index (κ3) is 11.1. The SMILES string of the molecule is CCCCCCCCOc1c(O)c(OC(=O)O)cc(CCCCCC)c1CCCCCC. The first-order valence-corrected chi connectivity index (χ1v) is 13.0. The molecular formula is C27H46O5. The van der Waals surface area contributed by atoms with E-state index in [0.717, 1.165) is 62.5 Å². The third-order valence-electron chi connectivity index (χ3n) is 5.94. The van der Waals surface area contributed by atoms with Crippen molar-refractivity contribution < 1.29 is 24.5 Å². The maximum Gasteiger partial charge on any atom is 0.511 e. The number of aryl methyl sites for hydroxylation is 1. The van der Waals surface area contributed by atoms with Crippen LogP contribution in [-0.4, -0.2) is 23.0 Å². The Labute approximate surface area is 195 Å². The van der Waals surface area contributed by atoms with Crippen molar-refractivity contribution in [3.05, 3.63) is 17.2 Å². The lowest BCUT2D eigenvalue weighted by molar-refractivity contribution is 0.142. The summed E-state index contributed by atoms with van der Waals surface area (Å²) in [4.78, 5) is 11.2. The number of rotatable bonds is 19. The first kappa shape index (κ1) is 28.1. The van der Waals surface area contributed by atoms with Crippen LogP contribution in [0.25, 0.3) is 0 Å². The van der Waals surface area contributed by atoms with Crippen LogP contribution in [0, 0.1) is 0 Å². The van der Waals surface area contributed by atoms with Gasteiger partial charge in [0.25, 0.3) is 0 Å². The van der Waals surface area contributed by atoms with Gasteiger partial charge in [-0.3, -0.25) is 0 Å². The Hall–Kier alpha value is -1.91. The number of hydrogen-bond acceptors (Lipinski definition) is 4. The molecular weight excluding hydrogens is 404 g/mol. The van der Waals surface area contributed by atoms with E-state index in [0.29, 0.717) is 12.4 Å². The second-order valence-corrected chi connectivity index (χ2v) is 8.80. The van der Waals surface area contributed by atoms with Crippen molar-refractivity contribution in [3.63, 3.8) is 0 Å². The number of unbranched alkanes of at least 4 members (excludes halogenated alkanes) is 11. The molecule has 0 radical (unpaired) electrons. The molecule has 1 aromatic rings. The Morgan fingerprint density at radius 1 is 0.781 bits per heavy atom. The molecule has 0 saturated heterocycles. The Kier molecular flexibility index (Phi) is 15.5. The number of ether oxygens (including phenoxy) is 2. The van der Waals surface area contributed by atoms with Gasteiger partial charge in [0.1, 0.15) is 0 Å². The van der Waals surface area contributed by atoms with Gasteiger partial charge in [0, 0.05) is 5.56 Å². The third-order valence-corrected chi connectivity index (χ3v) is 5.94. The van der Waals surface area contributed by atoms with E-state index in [2.05, 4.69) is 20.8 Å². The lowest BCUT2D eigenvalue weighted by Crippen LogP contribution is -2.08. The van der Waals surface area contributed by atoms with Gasteiger partial charge in [0.05, 0.1) is 6.61 Å². The second-order valence-electron chi connectivity index (χ2n) is 8.80. The number of hydrogen-bond donors (Lipinski definition) is 2. The predicted octanol–water partition coefficient (Wildman–Crippen LogP) is 8.43. The summed E-state index contributed by atoms with van der Waals surface area (Å²) in [6.07, 6.45) is 16.2. The largest absolute Gasteiger partial charge is 0.511 e. The van der Waals surface area contributed by atoms with E-state index < -0.39 is 6.16 Å². The first-order chi connectivity index (χ1) is 15.5. The topological polar surface area (TPSA) is 76.0 Å². The highest BCUT2D eigenvalue weighted by molar-refractivity contribution is 5.67. The van der Waals surface area contributed by atoms with Crippen LogP contribution in [0.5, 0.6) is 17.2 Å². The molecule has 2 N–H and O–H groups in total. The van der Waals surface area contributed by atoms with Gasteiger partial charge in [-0.25, -0.2) is 4.79 Å². The molecule has 0 unspecified atom stereocenters. The van der Waals surface area contributed by atoms with E-state index in [9.17, 15) is 9.90 Å². The maximum absolute atomic E-state index is 11.2. The maximum atomic E-state index is 11.2. The van der Waals surface area contributed by atoms with E-state index in [-0.39, 0.29) is 11.5 Å². The summed E-state index contributed by atoms with van der Waals surface area (Å²) in [6, 6.07) is 1.71. The van der Waals surface area contributed by atoms with Crippen molar-refractivity contribution >= 4 is 6.16 Å². The molecule has 0 fully saturated rings. The molecule has 1 aromatic carbocycles. The molecule has 0 aliphatic rings. The van der Waals surface area contributed by atoms with Crippen molar-refractivity contribution in [3.8, 4) is 17.2 Å². The molecule has 0 aromatic heterocycles. The minimum atomic E-state index is -1.42. The molecule has 5 heteroatoms. The molecule has 0 aliphatic carbocycles. The second kappa shape index (κ2) is 17.6. The monoisotopic (exact) mass is 450 g/mol. The minimum Gasteiger partial charge on any atom is -0.502 e. The number of phenols is 1. The van der Waals surface area contributed by atoms with E-state index in [1.165, 1.54) is 51.4 Å². The van der Waals surface area contributed by atoms with E-state index in [4.69, 9.17) is 14.6 Å². The zero-order valence-electron chi connectivity index (χ0n) is 20.7. The van der Waals surface area contributed by atoms with Gasteiger partial charge < -0.3 is 19.7 Å². The fourth-order valence-corrected chi connectivity index (χ4v) is 4.07. The van der Waals surface area contributed by atoms with Gasteiger partial charge >= 0.3 is 6.16 Å². The van der Waals surface area contributed by atoms with Crippen LogP contribution in [0.4, 0.5) is 4.79 Å². The standard InChI is InChI=1S/C27H46O5/c1-4-7-10-13-14-17-20-31-26-23(19-16-12-9-6-3)22(18-15-11-8-5-2)21-24(25(26)28)32-27(29)30/h21,28H,4-20H2,1-3H3,(H,29,30). The van der Waals surface area contributed by atoms with Gasteiger partial charge in [-0.1, -0.05) is 91.4 Å². The van der Waals surface area contributed by atoms with Crippen LogP contribution in [0.15, 0.2) is 6.07 Å². The molecule has 0 amide bonds. The Morgan fingerprint density at radius 2 is 1.31 bits per heavy atom. The molecule has 0 atom stereocenters. The molecule has 0 saturated carbocycles. The highest BCUT2D eigenvalue weighted by Gasteiger charge is 2.21. The summed E-state index contributed by atoms with van der Waals surface area (Å²) in [5, 5.41) is 19.9. The molecule has 0 bridgehead atoms. The van der Waals surface area contributed by atoms with Crippen LogP contribution in [0.1, 0.15) is 122 Å². The quantitative estimate of drug-likeness (QED) is 0.126. The van der Waals surface area contributed by atoms with Crippen molar-refractivity contribution in [2.24, 2.45) is 0 Å². The fraction of sp³-hybridized carbons (Fsp3) is 0.741. The van der Waals surface area contributed by atoms with Gasteiger partial charge in [-0.2, -0.15) is 0 Å². The minimum absolute atomic E-state index is 0.0155. The number of carbonyl (C=O) groups is 1. The summed E-state index contributed by atoms with van der Waals surface area (Å²) >= 11 is 0. The smallest absolute Gasteiger partial charge is 0.502 e. The Balaban J connectivity index is 3.03. The molecule has 0 heterocycles. The predicted molar refractivity (Wildman–Crippen MR) is 131 cm³/mol. The summed E-state index contributed by atoms with van der Waals surface area (Å²) < 4.78 is 11.0. The van der Waals surface area contributed by atoms with Crippen LogP contribution in [-0.2, 0) is 12.8 Å². The normalized spacial score (nSPS) is 11.0. The molecule has 0 spiro atoms. The van der Waals surface area contributed by atoms with Gasteiger partial charge in [-0.15, -0.1) is 0 Å². The number of benzene rings is 1. The zero-order valence-corrected chi connectivity index (χ0v) is 20.7. The van der Waals surface area contributed by atoms with Gasteiger partial charge in [0.2, 0.25) is 5.75 Å². The molecule has 32 heavy (non-hydrogen) atoms. The average molecular weight is 451 g/mol. The molecule has 0 aliphatic heterocycles. The highest BCUT2D eigenvalue weighted by Crippen LogP contribution is 2.43. The highest BCUT2D eigenvalue weighted by atomic mass is 16.7. The molecule has 1 rings (SSSR count). The van der Waals surface area contributed by atoms with Crippen LogP contribution in [0.2, 0.25) is 0 Å². The zero-order chi connectivity index (χ0) is 23.6. The number of carboxylic acid groups (broad SMARTS) is 1. The lowest BCUT2D eigenvalue weighted by Gasteiger charge is -2.19. The van der Waals surface area contributed by atoms with Crippen molar-refractivity contribution in [1.29, 1.82) is 0 Å². The first-order valence-electron chi connectivity index (χ1n) is 13.0. The number of phenolic OH excluding ortho intramolecular Hbond substituents is 1.